The molecule has 1 amide bonds. The van der Waals surface area contributed by atoms with Gasteiger partial charge in [0.1, 0.15) is 12.4 Å². The van der Waals surface area contributed by atoms with E-state index in [0.717, 1.165) is 22.9 Å². The summed E-state index contributed by atoms with van der Waals surface area (Å²) >= 11 is 1.10. The Morgan fingerprint density at radius 2 is 1.93 bits per heavy atom. The maximum absolute atomic E-state index is 12.2. The molecule has 7 heteroatoms. The van der Waals surface area contributed by atoms with E-state index in [1.54, 1.807) is 0 Å². The molecule has 148 valence electrons. The number of methoxy groups -OCH3 is 1. The molecule has 1 aliphatic rings. The fraction of sp³-hybridized carbons (Fsp3) is 0.227. The van der Waals surface area contributed by atoms with E-state index in [9.17, 15) is 14.9 Å². The molecular formula is C22H20N2O4S. The minimum atomic E-state index is -0.420. The van der Waals surface area contributed by atoms with Gasteiger partial charge in [0.05, 0.1) is 29.5 Å². The summed E-state index contributed by atoms with van der Waals surface area (Å²) in [5, 5.41) is 12.8. The molecule has 2 aromatic carbocycles. The number of nitrogens with one attached hydrogen (secondary N) is 1. The fourth-order valence-electron chi connectivity index (χ4n) is 2.95. The molecular weight excluding hydrogens is 388 g/mol. The van der Waals surface area contributed by atoms with Gasteiger partial charge in [0.25, 0.3) is 0 Å². The predicted octanol–water partition coefficient (Wildman–Crippen LogP) is 3.51. The average Bonchev–Trinajstić information content (AvgIpc) is 2.76. The third-order valence-electron chi connectivity index (χ3n) is 4.45. The monoisotopic (exact) mass is 408 g/mol. The second-order valence-corrected chi connectivity index (χ2v) is 7.35. The van der Waals surface area contributed by atoms with Gasteiger partial charge >= 0.3 is 5.97 Å². The van der Waals surface area contributed by atoms with Gasteiger partial charge < -0.3 is 14.8 Å². The van der Waals surface area contributed by atoms with Crippen molar-refractivity contribution in [3.63, 3.8) is 0 Å². The van der Waals surface area contributed by atoms with E-state index in [4.69, 9.17) is 4.74 Å². The van der Waals surface area contributed by atoms with Crippen LogP contribution in [0.4, 0.5) is 0 Å². The molecule has 6 nitrogen and oxygen atoms in total. The summed E-state index contributed by atoms with van der Waals surface area (Å²) in [7, 11) is 1.30. The van der Waals surface area contributed by atoms with Crippen molar-refractivity contribution in [3.05, 3.63) is 76.3 Å². The third-order valence-corrected chi connectivity index (χ3v) is 5.44. The molecule has 0 aromatic heterocycles. The van der Waals surface area contributed by atoms with Crippen molar-refractivity contribution >= 4 is 23.6 Å². The summed E-state index contributed by atoms with van der Waals surface area (Å²) in [6.07, 6.45) is 0.176. The zero-order valence-corrected chi connectivity index (χ0v) is 16.7. The number of thioether (sulfide) groups is 1. The number of ether oxygens (including phenoxy) is 2. The van der Waals surface area contributed by atoms with Crippen LogP contribution < -0.4 is 10.1 Å². The third kappa shape index (κ3) is 5.39. The van der Waals surface area contributed by atoms with E-state index in [1.165, 1.54) is 7.11 Å². The zero-order chi connectivity index (χ0) is 20.6. The second kappa shape index (κ2) is 9.80. The quantitative estimate of drug-likeness (QED) is 0.706. The Morgan fingerprint density at radius 1 is 1.21 bits per heavy atom. The van der Waals surface area contributed by atoms with Crippen LogP contribution in [0.1, 0.15) is 23.5 Å². The highest BCUT2D eigenvalue weighted by molar-refractivity contribution is 8.03. The van der Waals surface area contributed by atoms with Crippen LogP contribution in [0.3, 0.4) is 0 Å². The first-order valence-electron chi connectivity index (χ1n) is 9.01. The van der Waals surface area contributed by atoms with Gasteiger partial charge in [-0.05, 0) is 23.3 Å². The first-order chi connectivity index (χ1) is 14.1. The van der Waals surface area contributed by atoms with Gasteiger partial charge in [-0.3, -0.25) is 9.59 Å². The highest BCUT2D eigenvalue weighted by Gasteiger charge is 2.29. The van der Waals surface area contributed by atoms with Crippen molar-refractivity contribution in [1.29, 1.82) is 5.26 Å². The highest BCUT2D eigenvalue weighted by atomic mass is 32.2. The number of esters is 1. The van der Waals surface area contributed by atoms with Crippen molar-refractivity contribution < 1.29 is 19.1 Å². The van der Waals surface area contributed by atoms with E-state index in [2.05, 4.69) is 16.1 Å². The summed E-state index contributed by atoms with van der Waals surface area (Å²) in [4.78, 5) is 23.6. The van der Waals surface area contributed by atoms with E-state index < -0.39 is 5.97 Å². The molecule has 2 aromatic rings. The summed E-state index contributed by atoms with van der Waals surface area (Å²) in [6, 6.07) is 19.4. The molecule has 29 heavy (non-hydrogen) atoms. The molecule has 0 radical (unpaired) electrons. The SMILES string of the molecule is COC(=O)CSC1=C(C#N)[C@H](c2ccc(OCc3ccccc3)cc2)CC(=O)N1. The molecule has 0 saturated heterocycles. The molecule has 0 bridgehead atoms. The molecule has 1 heterocycles. The molecule has 0 saturated carbocycles. The number of carbonyl (C=O) groups is 2. The van der Waals surface area contributed by atoms with Crippen molar-refractivity contribution in [1.82, 2.24) is 5.32 Å². The normalized spacial score (nSPS) is 16.0. The maximum atomic E-state index is 12.2. The van der Waals surface area contributed by atoms with Crippen LogP contribution in [0.2, 0.25) is 0 Å². The van der Waals surface area contributed by atoms with Crippen LogP contribution in [0.25, 0.3) is 0 Å². The van der Waals surface area contributed by atoms with Crippen molar-refractivity contribution in [2.45, 2.75) is 18.9 Å². The summed E-state index contributed by atoms with van der Waals surface area (Å²) in [5.74, 6) is -0.240. The number of amides is 1. The smallest absolute Gasteiger partial charge is 0.316 e. The lowest BCUT2D eigenvalue weighted by Crippen LogP contribution is -2.31. The van der Waals surface area contributed by atoms with Gasteiger partial charge in [-0.1, -0.05) is 54.2 Å². The minimum Gasteiger partial charge on any atom is -0.489 e. The van der Waals surface area contributed by atoms with Crippen molar-refractivity contribution in [3.8, 4) is 11.8 Å². The predicted molar refractivity (Wildman–Crippen MR) is 110 cm³/mol. The zero-order valence-electron chi connectivity index (χ0n) is 15.9. The number of benzene rings is 2. The fourth-order valence-corrected chi connectivity index (χ4v) is 3.85. The summed E-state index contributed by atoms with van der Waals surface area (Å²) in [6.45, 7) is 0.462. The van der Waals surface area contributed by atoms with Gasteiger partial charge in [-0.25, -0.2) is 0 Å². The van der Waals surface area contributed by atoms with E-state index in [0.29, 0.717) is 23.0 Å². The number of hydrogen-bond donors (Lipinski definition) is 1. The Labute approximate surface area is 173 Å². The van der Waals surface area contributed by atoms with Gasteiger partial charge in [-0.15, -0.1) is 0 Å². The van der Waals surface area contributed by atoms with E-state index in [1.807, 2.05) is 54.6 Å². The van der Waals surface area contributed by atoms with Crippen LogP contribution in [-0.2, 0) is 20.9 Å². The van der Waals surface area contributed by atoms with Crippen molar-refractivity contribution in [2.75, 3.05) is 12.9 Å². The van der Waals surface area contributed by atoms with Crippen LogP contribution in [0.15, 0.2) is 65.2 Å². The molecule has 0 unspecified atom stereocenters. The molecule has 0 aliphatic carbocycles. The standard InChI is InChI=1S/C22H20N2O4S/c1-27-21(26)14-29-22-19(12-23)18(11-20(25)24-22)16-7-9-17(10-8-16)28-13-15-5-3-2-4-6-15/h2-10,18H,11,13-14H2,1H3,(H,24,25)/t18-/m0/s1. The van der Waals surface area contributed by atoms with Gasteiger partial charge in [-0.2, -0.15) is 5.26 Å². The average molecular weight is 408 g/mol. The number of nitrogens with zero attached hydrogens (tertiary/aromatic N) is 1. The number of allylic oxidation sites excluding steroid dienone is 1. The Bertz CT molecular complexity index is 949. The first kappa shape index (κ1) is 20.5. The maximum Gasteiger partial charge on any atom is 0.316 e. The van der Waals surface area contributed by atoms with Crippen LogP contribution in [-0.4, -0.2) is 24.7 Å². The molecule has 1 N–H and O–H groups in total. The number of hydrogen-bond acceptors (Lipinski definition) is 6. The molecule has 1 aliphatic heterocycles. The van der Waals surface area contributed by atoms with Gasteiger partial charge in [0.15, 0.2) is 0 Å². The van der Waals surface area contributed by atoms with Gasteiger partial charge in [0.2, 0.25) is 5.91 Å². The van der Waals surface area contributed by atoms with E-state index >= 15 is 0 Å². The lowest BCUT2D eigenvalue weighted by molar-refractivity contribution is -0.137. The summed E-state index contributed by atoms with van der Waals surface area (Å²) in [5.41, 5.74) is 2.36. The number of nitriles is 1. The number of rotatable bonds is 7. The van der Waals surface area contributed by atoms with Gasteiger partial charge in [0, 0.05) is 12.3 Å². The Morgan fingerprint density at radius 3 is 2.59 bits per heavy atom. The largest absolute Gasteiger partial charge is 0.489 e. The van der Waals surface area contributed by atoms with Crippen LogP contribution in [0, 0.1) is 11.3 Å². The second-order valence-electron chi connectivity index (χ2n) is 6.37. The lowest BCUT2D eigenvalue weighted by Gasteiger charge is -2.25. The molecule has 0 spiro atoms. The summed E-state index contributed by atoms with van der Waals surface area (Å²) < 4.78 is 10.4. The van der Waals surface area contributed by atoms with E-state index in [-0.39, 0.29) is 24.0 Å². The van der Waals surface area contributed by atoms with Crippen LogP contribution >= 0.6 is 11.8 Å². The Balaban J connectivity index is 1.74. The first-order valence-corrected chi connectivity index (χ1v) is 9.99. The number of carbonyl (C=O) groups excluding carboxylic acids is 2. The molecule has 3 rings (SSSR count). The lowest BCUT2D eigenvalue weighted by atomic mass is 9.87. The Hall–Kier alpha value is -3.24. The molecule has 0 fully saturated rings. The Kier molecular flexibility index (Phi) is 6.93. The topological polar surface area (TPSA) is 88.4 Å². The van der Waals surface area contributed by atoms with Crippen molar-refractivity contribution in [2.24, 2.45) is 0 Å². The molecule has 1 atom stereocenters. The highest BCUT2D eigenvalue weighted by Crippen LogP contribution is 2.36. The minimum absolute atomic E-state index is 0.0241. The van der Waals surface area contributed by atoms with Crippen LogP contribution in [0.5, 0.6) is 5.75 Å².